The Labute approximate surface area is 404 Å². The summed E-state index contributed by atoms with van der Waals surface area (Å²) in [4.78, 5) is 12.4. The molecule has 8 aliphatic rings. The summed E-state index contributed by atoms with van der Waals surface area (Å²) < 4.78 is 6.27. The van der Waals surface area contributed by atoms with E-state index in [1.165, 1.54) is 51.4 Å². The summed E-state index contributed by atoms with van der Waals surface area (Å²) in [5.74, 6) is 8.57. The van der Waals surface area contributed by atoms with E-state index in [1.54, 1.807) is 6.92 Å². The van der Waals surface area contributed by atoms with Crippen molar-refractivity contribution in [3.05, 3.63) is 11.6 Å². The molecule has 2 aromatic rings. The molecule has 13 heteroatoms. The van der Waals surface area contributed by atoms with Crippen molar-refractivity contribution in [1.82, 2.24) is 41.2 Å². The van der Waals surface area contributed by atoms with Crippen molar-refractivity contribution in [3.63, 3.8) is 0 Å². The van der Waals surface area contributed by atoms with Crippen molar-refractivity contribution in [2.24, 2.45) is 105 Å². The number of tetrazole rings is 2. The number of ether oxygens (including phenoxy) is 1. The van der Waals surface area contributed by atoms with E-state index in [-0.39, 0.29) is 61.5 Å². The van der Waals surface area contributed by atoms with Gasteiger partial charge in [-0.05, 0) is 195 Å². The van der Waals surface area contributed by atoms with Crippen LogP contribution in [0.15, 0.2) is 0 Å². The smallest absolute Gasteiger partial charge is 0.302 e. The third-order valence-corrected chi connectivity index (χ3v) is 22.4. The third kappa shape index (κ3) is 8.77. The number of aromatic amines is 2. The highest BCUT2D eigenvalue weighted by molar-refractivity contribution is 5.66. The molecule has 2 aromatic heterocycles. The Balaban J connectivity index is 0.000000194. The van der Waals surface area contributed by atoms with Gasteiger partial charge < -0.3 is 20.1 Å². The molecular weight excluding hydrogens is 841 g/mol. The molecule has 8 saturated carbocycles. The van der Waals surface area contributed by atoms with Crippen LogP contribution in [0, 0.1) is 105 Å². The second-order valence-electron chi connectivity index (χ2n) is 24.8. The Morgan fingerprint density at radius 1 is 0.612 bits per heavy atom. The fourth-order valence-electron chi connectivity index (χ4n) is 19.6. The highest BCUT2D eigenvalue weighted by atomic mass is 16.5. The summed E-state index contributed by atoms with van der Waals surface area (Å²) in [6.07, 6.45) is 18.9. The molecule has 10 rings (SSSR count). The Morgan fingerprint density at radius 2 is 1.03 bits per heavy atom. The van der Waals surface area contributed by atoms with Crippen molar-refractivity contribution < 1.29 is 24.9 Å². The van der Waals surface area contributed by atoms with E-state index in [2.05, 4.69) is 96.6 Å². The molecular formula is C54H94N8O5. The van der Waals surface area contributed by atoms with E-state index >= 15 is 0 Å². The summed E-state index contributed by atoms with van der Waals surface area (Å²) >= 11 is 0. The number of fused-ring (bicyclic) bond motifs is 10. The van der Waals surface area contributed by atoms with Crippen LogP contribution in [0.1, 0.15) is 192 Å². The molecule has 2 heterocycles. The lowest BCUT2D eigenvalue weighted by molar-refractivity contribution is -0.217. The van der Waals surface area contributed by atoms with E-state index in [1.807, 2.05) is 0 Å². The minimum Gasteiger partial charge on any atom is -0.462 e. The highest BCUT2D eigenvalue weighted by Crippen LogP contribution is 2.71. The van der Waals surface area contributed by atoms with Gasteiger partial charge in [0, 0.05) is 25.7 Å². The zero-order valence-corrected chi connectivity index (χ0v) is 41.5. The number of hydrogen-bond donors (Lipinski definition) is 5. The second-order valence-corrected chi connectivity index (χ2v) is 24.8. The molecule has 8 fully saturated rings. The third-order valence-electron chi connectivity index (χ3n) is 22.4. The molecule has 5 N–H and O–H groups in total. The van der Waals surface area contributed by atoms with E-state index in [0.29, 0.717) is 88.3 Å². The first kappa shape index (κ1) is 52.3. The van der Waals surface area contributed by atoms with Crippen LogP contribution >= 0.6 is 0 Å². The molecule has 0 amide bonds. The quantitative estimate of drug-likeness (QED) is 0.150. The van der Waals surface area contributed by atoms with Crippen molar-refractivity contribution in [1.29, 1.82) is 0 Å². The second kappa shape index (κ2) is 19.9. The van der Waals surface area contributed by atoms with E-state index in [4.69, 9.17) is 4.74 Å². The van der Waals surface area contributed by atoms with Crippen LogP contribution in [0.5, 0.6) is 0 Å². The molecule has 380 valence electrons. The van der Waals surface area contributed by atoms with Crippen LogP contribution in [0.2, 0.25) is 0 Å². The number of H-pyrrole nitrogens is 2. The van der Waals surface area contributed by atoms with Gasteiger partial charge in [0.2, 0.25) is 0 Å². The number of aromatic nitrogens is 8. The maximum atomic E-state index is 12.4. The average Bonchev–Trinajstić information content (AvgIpc) is 4.10. The Hall–Kier alpha value is -2.51. The Kier molecular flexibility index (Phi) is 15.6. The fraction of sp³-hybridized carbons (Fsp3) is 0.944. The average molecular weight is 935 g/mol. The lowest BCUT2D eigenvalue weighted by atomic mass is 9.41. The van der Waals surface area contributed by atoms with E-state index < -0.39 is 0 Å². The zero-order valence-electron chi connectivity index (χ0n) is 41.5. The number of rotatable bonds is 9. The van der Waals surface area contributed by atoms with Gasteiger partial charge in [-0.2, -0.15) is 10.4 Å². The number of carbonyl (C=O) groups is 1. The molecule has 8 aliphatic carbocycles. The first-order chi connectivity index (χ1) is 31.0. The molecule has 0 spiro atoms. The molecule has 0 aromatic carbocycles. The maximum absolute atomic E-state index is 12.4. The summed E-state index contributed by atoms with van der Waals surface area (Å²) in [5.41, 5.74) is 1.05. The number of aliphatic hydroxyl groups is 3. The SMILES string of the molecule is C.C.CC[C@H]1[C@@H](O)[C@@H]2[C@H](CC[C@]3(C)[C@@H]([C@H](C)Cc4nn[nH]n4)CC[C@@H]23)[C@@]2(C)CC[C@@H](O)C[C@@H]12.CC[C@H]1[C@@H](OC(C)=O)[C@@H]2[C@H](CC[C@]3(C)[C@@H]([C@H](C)Cc4nn[nH]n4)CC[C@@H]23)[C@@]2(C)CC[C@@H](O)C[C@@H]12. The minimum atomic E-state index is -0.214. The molecule has 22 atom stereocenters. The first-order valence-corrected chi connectivity index (χ1v) is 26.6. The molecule has 67 heavy (non-hydrogen) atoms. The number of nitrogens with one attached hydrogen (secondary N) is 2. The predicted molar refractivity (Wildman–Crippen MR) is 261 cm³/mol. The lowest BCUT2D eigenvalue weighted by Crippen LogP contribution is -2.63. The number of carbonyl (C=O) groups excluding carboxylic acids is 1. The van der Waals surface area contributed by atoms with Crippen molar-refractivity contribution >= 4 is 5.97 Å². The van der Waals surface area contributed by atoms with Crippen LogP contribution in [0.3, 0.4) is 0 Å². The largest absolute Gasteiger partial charge is 0.462 e. The zero-order chi connectivity index (χ0) is 46.2. The van der Waals surface area contributed by atoms with Crippen LogP contribution < -0.4 is 0 Å². The van der Waals surface area contributed by atoms with E-state index in [0.717, 1.165) is 75.9 Å². The van der Waals surface area contributed by atoms with Gasteiger partial charge in [0.15, 0.2) is 11.6 Å². The maximum Gasteiger partial charge on any atom is 0.302 e. The number of esters is 1. The molecule has 0 radical (unpaired) electrons. The summed E-state index contributed by atoms with van der Waals surface area (Å²) in [7, 11) is 0. The number of nitrogens with zero attached hydrogens (tertiary/aromatic N) is 6. The molecule has 13 nitrogen and oxygen atoms in total. The van der Waals surface area contributed by atoms with Gasteiger partial charge in [-0.3, -0.25) is 4.79 Å². The lowest BCUT2D eigenvalue weighted by Gasteiger charge is -2.65. The normalized spacial score (nSPS) is 47.0. The van der Waals surface area contributed by atoms with Crippen LogP contribution in [0.25, 0.3) is 0 Å². The molecule has 0 bridgehead atoms. The van der Waals surface area contributed by atoms with E-state index in [9.17, 15) is 20.1 Å². The summed E-state index contributed by atoms with van der Waals surface area (Å²) in [6, 6.07) is 0. The van der Waals surface area contributed by atoms with Gasteiger partial charge in [-0.15, -0.1) is 20.4 Å². The Bertz CT molecular complexity index is 1920. The van der Waals surface area contributed by atoms with Gasteiger partial charge in [0.25, 0.3) is 0 Å². The summed E-state index contributed by atoms with van der Waals surface area (Å²) in [6.45, 7) is 20.9. The van der Waals surface area contributed by atoms with Crippen LogP contribution in [-0.2, 0) is 22.4 Å². The predicted octanol–water partition coefficient (Wildman–Crippen LogP) is 9.85. The minimum absolute atomic E-state index is 0. The van der Waals surface area contributed by atoms with Crippen molar-refractivity contribution in [3.8, 4) is 0 Å². The van der Waals surface area contributed by atoms with Gasteiger partial charge >= 0.3 is 5.97 Å². The van der Waals surface area contributed by atoms with Crippen molar-refractivity contribution in [2.45, 2.75) is 217 Å². The highest BCUT2D eigenvalue weighted by Gasteiger charge is 2.67. The van der Waals surface area contributed by atoms with Gasteiger partial charge in [-0.25, -0.2) is 0 Å². The standard InChI is InChI=1S/C27H44N4O3.C25H42N4O2.2CH4/c1-6-18-22-14-17(33)9-11-27(22,5)21-10-12-26(4)19(15(2)13-23-28-30-31-29-23)7-8-20(26)24(21)25(18)34-16(3)32;1-5-16-20-13-15(30)8-10-25(20,4)19-9-11-24(3)17(6-7-18(24)22(19)23(16)31)14(2)12-21-26-28-29-27-21;;/h15,17-22,24-25,33H,6-14H2,1-5H3,(H,28,29,30,31);14-20,22-23,30-31H,5-13H2,1-4H3,(H,26,27,28,29);2*1H4/t15-,17-,18-,19-,20+,21+,22+,24+,25-,26-,27-;14-,15-,16-,17-,18+,19+,20+,22+,23-,24-,25-;;/m11../s1. The van der Waals surface area contributed by atoms with Crippen molar-refractivity contribution in [2.75, 3.05) is 0 Å². The molecule has 0 aliphatic heterocycles. The number of aliphatic hydroxyl groups excluding tert-OH is 3. The monoisotopic (exact) mass is 935 g/mol. The van der Waals surface area contributed by atoms with Gasteiger partial charge in [-0.1, -0.05) is 87.1 Å². The fourth-order valence-corrected chi connectivity index (χ4v) is 19.6. The van der Waals surface area contributed by atoms with Crippen LogP contribution in [0.4, 0.5) is 0 Å². The first-order valence-electron chi connectivity index (χ1n) is 26.6. The Morgan fingerprint density at radius 3 is 1.46 bits per heavy atom. The topological polar surface area (TPSA) is 196 Å². The number of hydrogen-bond acceptors (Lipinski definition) is 11. The molecule has 0 unspecified atom stereocenters. The van der Waals surface area contributed by atoms with Gasteiger partial charge in [0.1, 0.15) is 6.10 Å². The summed E-state index contributed by atoms with van der Waals surface area (Å²) in [5, 5.41) is 62.4. The van der Waals surface area contributed by atoms with Gasteiger partial charge in [0.05, 0.1) is 18.3 Å². The molecule has 0 saturated heterocycles. The van der Waals surface area contributed by atoms with Crippen LogP contribution in [-0.4, -0.2) is 87.0 Å².